The number of piperazine rings is 1. The van der Waals surface area contributed by atoms with Crippen molar-refractivity contribution in [1.29, 1.82) is 0 Å². The van der Waals surface area contributed by atoms with Gasteiger partial charge in [-0.05, 0) is 43.7 Å². The van der Waals surface area contributed by atoms with Crippen LogP contribution >= 0.6 is 11.3 Å². The SMILES string of the molecule is COc1cccc(N2CCN(C(=O)c3c(-n4cccc4)sc(C)c3C)CC2)c1. The van der Waals surface area contributed by atoms with Gasteiger partial charge in [-0.25, -0.2) is 0 Å². The first kappa shape index (κ1) is 18.6. The average Bonchev–Trinajstić information content (AvgIpc) is 3.36. The van der Waals surface area contributed by atoms with Crippen molar-refractivity contribution < 1.29 is 9.53 Å². The van der Waals surface area contributed by atoms with E-state index in [1.165, 1.54) is 4.88 Å². The van der Waals surface area contributed by atoms with Gasteiger partial charge in [-0.2, -0.15) is 0 Å². The van der Waals surface area contributed by atoms with Crippen LogP contribution in [0.5, 0.6) is 5.75 Å². The molecule has 2 aromatic heterocycles. The number of carbonyl (C=O) groups excluding carboxylic acids is 1. The van der Waals surface area contributed by atoms with E-state index in [0.29, 0.717) is 0 Å². The third-order valence-corrected chi connectivity index (χ3v) is 6.63. The number of carbonyl (C=O) groups is 1. The Labute approximate surface area is 169 Å². The number of hydrogen-bond donors (Lipinski definition) is 0. The van der Waals surface area contributed by atoms with Crippen molar-refractivity contribution in [1.82, 2.24) is 9.47 Å². The maximum absolute atomic E-state index is 13.4. The normalized spacial score (nSPS) is 14.4. The zero-order valence-corrected chi connectivity index (χ0v) is 17.3. The second-order valence-electron chi connectivity index (χ2n) is 7.03. The van der Waals surface area contributed by atoms with E-state index in [9.17, 15) is 4.79 Å². The van der Waals surface area contributed by atoms with Crippen LogP contribution in [0.3, 0.4) is 0 Å². The van der Waals surface area contributed by atoms with E-state index in [2.05, 4.69) is 24.8 Å². The lowest BCUT2D eigenvalue weighted by Gasteiger charge is -2.36. The van der Waals surface area contributed by atoms with Crippen LogP contribution in [0, 0.1) is 13.8 Å². The first-order valence-corrected chi connectivity index (χ1v) is 10.3. The summed E-state index contributed by atoms with van der Waals surface area (Å²) < 4.78 is 7.38. The molecule has 0 saturated carbocycles. The molecule has 28 heavy (non-hydrogen) atoms. The monoisotopic (exact) mass is 395 g/mol. The van der Waals surface area contributed by atoms with Crippen molar-refractivity contribution in [3.8, 4) is 10.8 Å². The average molecular weight is 396 g/mol. The van der Waals surface area contributed by atoms with Crippen LogP contribution < -0.4 is 9.64 Å². The van der Waals surface area contributed by atoms with E-state index < -0.39 is 0 Å². The number of nitrogens with zero attached hydrogens (tertiary/aromatic N) is 3. The summed E-state index contributed by atoms with van der Waals surface area (Å²) in [6, 6.07) is 12.1. The van der Waals surface area contributed by atoms with Gasteiger partial charge in [0, 0.05) is 55.2 Å². The van der Waals surface area contributed by atoms with E-state index >= 15 is 0 Å². The third-order valence-electron chi connectivity index (χ3n) is 5.40. The minimum Gasteiger partial charge on any atom is -0.497 e. The topological polar surface area (TPSA) is 37.7 Å². The predicted molar refractivity (Wildman–Crippen MR) is 114 cm³/mol. The van der Waals surface area contributed by atoms with Gasteiger partial charge in [-0.15, -0.1) is 11.3 Å². The highest BCUT2D eigenvalue weighted by molar-refractivity contribution is 7.15. The molecule has 3 heterocycles. The standard InChI is InChI=1S/C22H25N3O2S/c1-16-17(2)28-22(25-9-4-5-10-25)20(16)21(26)24-13-11-23(12-14-24)18-7-6-8-19(15-18)27-3/h4-10,15H,11-14H2,1-3H3. The number of thiophene rings is 1. The largest absolute Gasteiger partial charge is 0.497 e. The minimum atomic E-state index is 0.135. The van der Waals surface area contributed by atoms with Gasteiger partial charge in [0.05, 0.1) is 12.7 Å². The fourth-order valence-electron chi connectivity index (χ4n) is 3.65. The number of hydrogen-bond acceptors (Lipinski definition) is 4. The van der Waals surface area contributed by atoms with Gasteiger partial charge < -0.3 is 19.1 Å². The van der Waals surface area contributed by atoms with Crippen LogP contribution in [-0.4, -0.2) is 48.7 Å². The van der Waals surface area contributed by atoms with Gasteiger partial charge in [0.1, 0.15) is 10.8 Å². The Balaban J connectivity index is 1.52. The van der Waals surface area contributed by atoms with Crippen LogP contribution in [0.2, 0.25) is 0 Å². The zero-order chi connectivity index (χ0) is 19.7. The summed E-state index contributed by atoms with van der Waals surface area (Å²) in [6.45, 7) is 7.22. The minimum absolute atomic E-state index is 0.135. The highest BCUT2D eigenvalue weighted by Gasteiger charge is 2.28. The van der Waals surface area contributed by atoms with E-state index in [-0.39, 0.29) is 5.91 Å². The van der Waals surface area contributed by atoms with Gasteiger partial charge in [0.2, 0.25) is 0 Å². The Morgan fingerprint density at radius 1 is 1.04 bits per heavy atom. The lowest BCUT2D eigenvalue weighted by atomic mass is 10.1. The molecule has 0 aliphatic carbocycles. The molecule has 1 aromatic carbocycles. The van der Waals surface area contributed by atoms with Crippen LogP contribution in [0.1, 0.15) is 20.8 Å². The van der Waals surface area contributed by atoms with Gasteiger partial charge in [0.25, 0.3) is 5.91 Å². The Morgan fingerprint density at radius 2 is 1.75 bits per heavy atom. The second-order valence-corrected chi connectivity index (χ2v) is 8.24. The molecule has 0 unspecified atom stereocenters. The fourth-order valence-corrected chi connectivity index (χ4v) is 4.76. The summed E-state index contributed by atoms with van der Waals surface area (Å²) >= 11 is 1.68. The molecule has 1 aliphatic heterocycles. The van der Waals surface area contributed by atoms with Gasteiger partial charge >= 0.3 is 0 Å². The number of amides is 1. The van der Waals surface area contributed by atoms with E-state index in [0.717, 1.165) is 53.7 Å². The van der Waals surface area contributed by atoms with Crippen LogP contribution in [0.25, 0.3) is 5.00 Å². The molecule has 0 bridgehead atoms. The molecule has 0 radical (unpaired) electrons. The molecule has 146 valence electrons. The molecular formula is C22H25N3O2S. The third kappa shape index (κ3) is 3.40. The molecule has 1 saturated heterocycles. The Bertz CT molecular complexity index is 970. The van der Waals surface area contributed by atoms with Crippen molar-refractivity contribution in [2.75, 3.05) is 38.2 Å². The maximum atomic E-state index is 13.4. The van der Waals surface area contributed by atoms with Crippen molar-refractivity contribution in [2.45, 2.75) is 13.8 Å². The number of ether oxygens (including phenoxy) is 1. The van der Waals surface area contributed by atoms with Crippen LogP contribution in [0.15, 0.2) is 48.8 Å². The lowest BCUT2D eigenvalue weighted by molar-refractivity contribution is 0.0746. The number of aromatic nitrogens is 1. The molecule has 0 N–H and O–H groups in total. The number of methoxy groups -OCH3 is 1. The van der Waals surface area contributed by atoms with Gasteiger partial charge in [0.15, 0.2) is 0 Å². The highest BCUT2D eigenvalue weighted by atomic mass is 32.1. The predicted octanol–water partition coefficient (Wildman–Crippen LogP) is 4.13. The second kappa shape index (κ2) is 7.72. The summed E-state index contributed by atoms with van der Waals surface area (Å²) in [5, 5.41) is 1.01. The molecule has 5 nitrogen and oxygen atoms in total. The molecule has 1 fully saturated rings. The Morgan fingerprint density at radius 3 is 2.43 bits per heavy atom. The molecule has 1 aliphatic rings. The van der Waals surface area contributed by atoms with Gasteiger partial charge in [-0.1, -0.05) is 6.07 Å². The molecule has 0 spiro atoms. The van der Waals surface area contributed by atoms with Crippen LogP contribution in [-0.2, 0) is 0 Å². The Hall–Kier alpha value is -2.73. The van der Waals surface area contributed by atoms with Gasteiger partial charge in [-0.3, -0.25) is 4.79 Å². The molecular weight excluding hydrogens is 370 g/mol. The lowest BCUT2D eigenvalue weighted by Crippen LogP contribution is -2.49. The van der Waals surface area contributed by atoms with Crippen molar-refractivity contribution >= 4 is 22.9 Å². The number of benzene rings is 1. The summed E-state index contributed by atoms with van der Waals surface area (Å²) in [5.74, 6) is 0.993. The van der Waals surface area contributed by atoms with E-state index in [1.54, 1.807) is 18.4 Å². The smallest absolute Gasteiger partial charge is 0.257 e. The van der Waals surface area contributed by atoms with Crippen molar-refractivity contribution in [3.05, 3.63) is 64.8 Å². The van der Waals surface area contributed by atoms with E-state index in [4.69, 9.17) is 4.74 Å². The number of anilines is 1. The zero-order valence-electron chi connectivity index (χ0n) is 16.5. The molecule has 3 aromatic rings. The maximum Gasteiger partial charge on any atom is 0.257 e. The number of rotatable bonds is 4. The first-order valence-electron chi connectivity index (χ1n) is 9.50. The van der Waals surface area contributed by atoms with Crippen molar-refractivity contribution in [2.24, 2.45) is 0 Å². The summed E-state index contributed by atoms with van der Waals surface area (Å²) in [4.78, 5) is 18.9. The van der Waals surface area contributed by atoms with Crippen LogP contribution in [0.4, 0.5) is 5.69 Å². The summed E-state index contributed by atoms with van der Waals surface area (Å²) in [5.41, 5.74) is 3.07. The summed E-state index contributed by atoms with van der Waals surface area (Å²) in [7, 11) is 1.68. The molecule has 4 rings (SSSR count). The molecule has 1 amide bonds. The first-order chi connectivity index (χ1) is 13.6. The highest BCUT2D eigenvalue weighted by Crippen LogP contribution is 2.32. The van der Waals surface area contributed by atoms with Crippen molar-refractivity contribution in [3.63, 3.8) is 0 Å². The summed E-state index contributed by atoms with van der Waals surface area (Å²) in [6.07, 6.45) is 4.00. The van der Waals surface area contributed by atoms with E-state index in [1.807, 2.05) is 52.2 Å². The molecule has 0 atom stereocenters. The molecule has 6 heteroatoms. The number of aryl methyl sites for hydroxylation is 1. The quantitative estimate of drug-likeness (QED) is 0.667. The Kier molecular flexibility index (Phi) is 5.13. The fraction of sp³-hybridized carbons (Fsp3) is 0.318.